The Morgan fingerprint density at radius 3 is 2.29 bits per heavy atom. The van der Waals surface area contributed by atoms with Crippen molar-refractivity contribution in [1.29, 1.82) is 0 Å². The Kier molecular flexibility index (Phi) is 3.79. The topological polar surface area (TPSA) is 27.3 Å². The van der Waals surface area contributed by atoms with E-state index in [1.165, 1.54) is 51.9 Å². The van der Waals surface area contributed by atoms with E-state index in [9.17, 15) is 0 Å². The molecule has 14 heavy (non-hydrogen) atoms. The van der Waals surface area contributed by atoms with Crippen LogP contribution >= 0.6 is 0 Å². The summed E-state index contributed by atoms with van der Waals surface area (Å²) in [6, 6.07) is 1.64. The average molecular weight is 197 g/mol. The van der Waals surface area contributed by atoms with Crippen molar-refractivity contribution in [1.82, 2.24) is 15.5 Å². The molecule has 3 nitrogen and oxygen atoms in total. The standard InChI is InChI=1S/C11H23N3/c1-12-10-4-8-14(9-5-10)11-2-6-13-7-3-11/h10-13H,2-9H2,1H3. The van der Waals surface area contributed by atoms with Gasteiger partial charge in [-0.15, -0.1) is 0 Å². The zero-order chi connectivity index (χ0) is 9.80. The molecule has 0 aromatic heterocycles. The number of nitrogens with zero attached hydrogens (tertiary/aromatic N) is 1. The molecule has 82 valence electrons. The lowest BCUT2D eigenvalue weighted by atomic mass is 9.99. The fraction of sp³-hybridized carbons (Fsp3) is 1.00. The molecule has 0 unspecified atom stereocenters. The monoisotopic (exact) mass is 197 g/mol. The minimum Gasteiger partial charge on any atom is -0.317 e. The van der Waals surface area contributed by atoms with E-state index in [0.29, 0.717) is 0 Å². The molecule has 2 N–H and O–H groups in total. The summed E-state index contributed by atoms with van der Waals surface area (Å²) in [5, 5.41) is 6.82. The minimum atomic E-state index is 0.771. The van der Waals surface area contributed by atoms with Gasteiger partial charge in [-0.2, -0.15) is 0 Å². The lowest BCUT2D eigenvalue weighted by molar-refractivity contribution is 0.122. The fourth-order valence-electron chi connectivity index (χ4n) is 2.73. The van der Waals surface area contributed by atoms with Gasteiger partial charge in [-0.1, -0.05) is 0 Å². The summed E-state index contributed by atoms with van der Waals surface area (Å²) in [7, 11) is 2.09. The molecule has 0 atom stereocenters. The van der Waals surface area contributed by atoms with Gasteiger partial charge in [0.05, 0.1) is 0 Å². The van der Waals surface area contributed by atoms with Crippen LogP contribution in [0.5, 0.6) is 0 Å². The van der Waals surface area contributed by atoms with E-state index in [2.05, 4.69) is 22.6 Å². The van der Waals surface area contributed by atoms with E-state index < -0.39 is 0 Å². The maximum atomic E-state index is 3.43. The lowest BCUT2D eigenvalue weighted by Crippen LogP contribution is -2.49. The van der Waals surface area contributed by atoms with Crippen molar-refractivity contribution >= 4 is 0 Å². The molecule has 0 aromatic rings. The molecule has 2 rings (SSSR count). The van der Waals surface area contributed by atoms with E-state index in [1.807, 2.05) is 0 Å². The summed E-state index contributed by atoms with van der Waals surface area (Å²) in [5.41, 5.74) is 0. The molecule has 0 aromatic carbocycles. The summed E-state index contributed by atoms with van der Waals surface area (Å²) in [6.45, 7) is 5.04. The molecule has 0 bridgehead atoms. The second-order valence-corrected chi connectivity index (χ2v) is 4.58. The fourth-order valence-corrected chi connectivity index (χ4v) is 2.73. The average Bonchev–Trinajstić information content (AvgIpc) is 2.30. The van der Waals surface area contributed by atoms with Gasteiger partial charge in [-0.05, 0) is 58.9 Å². The quantitative estimate of drug-likeness (QED) is 0.672. The molecule has 0 saturated carbocycles. The summed E-state index contributed by atoms with van der Waals surface area (Å²) in [5.74, 6) is 0. The number of nitrogens with one attached hydrogen (secondary N) is 2. The molecule has 2 fully saturated rings. The van der Waals surface area contributed by atoms with Crippen LogP contribution in [-0.2, 0) is 0 Å². The second kappa shape index (κ2) is 5.10. The van der Waals surface area contributed by atoms with Gasteiger partial charge in [0.1, 0.15) is 0 Å². The van der Waals surface area contributed by atoms with Gasteiger partial charge in [0, 0.05) is 12.1 Å². The van der Waals surface area contributed by atoms with Gasteiger partial charge >= 0.3 is 0 Å². The van der Waals surface area contributed by atoms with Crippen LogP contribution in [-0.4, -0.2) is 50.2 Å². The predicted molar refractivity (Wildman–Crippen MR) is 59.5 cm³/mol. The number of rotatable bonds is 2. The summed E-state index contributed by atoms with van der Waals surface area (Å²) < 4.78 is 0. The number of likely N-dealkylation sites (tertiary alicyclic amines) is 1. The Morgan fingerprint density at radius 1 is 1.07 bits per heavy atom. The zero-order valence-corrected chi connectivity index (χ0v) is 9.26. The minimum absolute atomic E-state index is 0.771. The Labute approximate surface area is 87.2 Å². The predicted octanol–water partition coefficient (Wildman–Crippen LogP) is 0.422. The van der Waals surface area contributed by atoms with Gasteiger partial charge in [0.2, 0.25) is 0 Å². The number of piperidine rings is 2. The van der Waals surface area contributed by atoms with Crippen molar-refractivity contribution in [3.63, 3.8) is 0 Å². The first-order valence-electron chi connectivity index (χ1n) is 6.02. The van der Waals surface area contributed by atoms with Crippen LogP contribution in [0, 0.1) is 0 Å². The van der Waals surface area contributed by atoms with Crippen molar-refractivity contribution in [3.05, 3.63) is 0 Å². The van der Waals surface area contributed by atoms with E-state index in [0.717, 1.165) is 12.1 Å². The molecular weight excluding hydrogens is 174 g/mol. The molecule has 2 aliphatic rings. The summed E-state index contributed by atoms with van der Waals surface area (Å²) in [4.78, 5) is 2.70. The zero-order valence-electron chi connectivity index (χ0n) is 9.26. The van der Waals surface area contributed by atoms with E-state index >= 15 is 0 Å². The number of hydrogen-bond acceptors (Lipinski definition) is 3. The van der Waals surface area contributed by atoms with Crippen LogP contribution in [0.25, 0.3) is 0 Å². The van der Waals surface area contributed by atoms with Gasteiger partial charge in [-0.25, -0.2) is 0 Å². The largest absolute Gasteiger partial charge is 0.317 e. The van der Waals surface area contributed by atoms with Crippen LogP contribution in [0.2, 0.25) is 0 Å². The highest BCUT2D eigenvalue weighted by atomic mass is 15.2. The summed E-state index contributed by atoms with van der Waals surface area (Å²) in [6.07, 6.45) is 5.37. The Bertz CT molecular complexity index is 158. The van der Waals surface area contributed by atoms with E-state index in [-0.39, 0.29) is 0 Å². The SMILES string of the molecule is CNC1CCN(C2CCNCC2)CC1. The van der Waals surface area contributed by atoms with Gasteiger partial charge in [-0.3, -0.25) is 0 Å². The molecule has 0 amide bonds. The first-order chi connectivity index (χ1) is 6.90. The molecule has 0 radical (unpaired) electrons. The highest BCUT2D eigenvalue weighted by Crippen LogP contribution is 2.18. The summed E-state index contributed by atoms with van der Waals surface area (Å²) >= 11 is 0. The maximum absolute atomic E-state index is 3.43. The third-order valence-electron chi connectivity index (χ3n) is 3.76. The van der Waals surface area contributed by atoms with Crippen molar-refractivity contribution in [3.8, 4) is 0 Å². The van der Waals surface area contributed by atoms with Gasteiger partial charge < -0.3 is 15.5 Å². The van der Waals surface area contributed by atoms with Crippen molar-refractivity contribution in [2.75, 3.05) is 33.2 Å². The Balaban J connectivity index is 1.76. The van der Waals surface area contributed by atoms with E-state index in [1.54, 1.807) is 0 Å². The van der Waals surface area contributed by atoms with Crippen LogP contribution < -0.4 is 10.6 Å². The smallest absolute Gasteiger partial charge is 0.0119 e. The third kappa shape index (κ3) is 2.47. The molecule has 0 aliphatic carbocycles. The Hall–Kier alpha value is -0.120. The van der Waals surface area contributed by atoms with Crippen molar-refractivity contribution in [2.45, 2.75) is 37.8 Å². The molecule has 2 saturated heterocycles. The van der Waals surface area contributed by atoms with Crippen LogP contribution in [0.3, 0.4) is 0 Å². The van der Waals surface area contributed by atoms with Crippen molar-refractivity contribution in [2.24, 2.45) is 0 Å². The lowest BCUT2D eigenvalue weighted by Gasteiger charge is -2.39. The van der Waals surface area contributed by atoms with E-state index in [4.69, 9.17) is 0 Å². The Morgan fingerprint density at radius 2 is 1.71 bits per heavy atom. The first-order valence-corrected chi connectivity index (χ1v) is 6.02. The molecule has 3 heteroatoms. The van der Waals surface area contributed by atoms with Crippen LogP contribution in [0.1, 0.15) is 25.7 Å². The van der Waals surface area contributed by atoms with Crippen molar-refractivity contribution < 1.29 is 0 Å². The third-order valence-corrected chi connectivity index (χ3v) is 3.76. The highest BCUT2D eigenvalue weighted by molar-refractivity contribution is 4.83. The number of hydrogen-bond donors (Lipinski definition) is 2. The maximum Gasteiger partial charge on any atom is 0.0119 e. The first kappa shape index (κ1) is 10.4. The highest BCUT2D eigenvalue weighted by Gasteiger charge is 2.25. The van der Waals surface area contributed by atoms with Crippen LogP contribution in [0.4, 0.5) is 0 Å². The van der Waals surface area contributed by atoms with Crippen LogP contribution in [0.15, 0.2) is 0 Å². The molecule has 2 heterocycles. The normalized spacial score (nSPS) is 28.1. The molecule has 0 spiro atoms. The second-order valence-electron chi connectivity index (χ2n) is 4.58. The van der Waals surface area contributed by atoms with Gasteiger partial charge in [0.25, 0.3) is 0 Å². The van der Waals surface area contributed by atoms with Gasteiger partial charge in [0.15, 0.2) is 0 Å². The molecule has 2 aliphatic heterocycles. The molecular formula is C11H23N3.